The Morgan fingerprint density at radius 3 is 2.33 bits per heavy atom. The van der Waals surface area contributed by atoms with Crippen molar-refractivity contribution in [2.75, 3.05) is 0 Å². The zero-order valence-electron chi connectivity index (χ0n) is 15.7. The molecular weight excluding hydrogens is 393 g/mol. The van der Waals surface area contributed by atoms with Gasteiger partial charge in [-0.3, -0.25) is 10.0 Å². The summed E-state index contributed by atoms with van der Waals surface area (Å²) >= 11 is 0. The minimum Gasteiger partial charge on any atom is -0.288 e. The van der Waals surface area contributed by atoms with E-state index in [2.05, 4.69) is 0 Å². The first-order chi connectivity index (χ1) is 14.4. The summed E-state index contributed by atoms with van der Waals surface area (Å²) in [5.74, 6) is -0.651. The molecule has 2 N–H and O–H groups in total. The number of nitrogens with one attached hydrogen (secondary N) is 1. The minimum absolute atomic E-state index is 0.251. The van der Waals surface area contributed by atoms with Gasteiger partial charge in [0.25, 0.3) is 5.91 Å². The SMILES string of the molecule is O=C(NO)c1ccc(/C2=N/c3ccccc3CCc3cc(C(F)(F)F)ccc32)cc1. The number of nitrogens with zero attached hydrogens (tertiary/aromatic N) is 1. The third kappa shape index (κ3) is 3.84. The zero-order valence-corrected chi connectivity index (χ0v) is 15.7. The summed E-state index contributed by atoms with van der Waals surface area (Å²) in [7, 11) is 0. The molecule has 1 heterocycles. The number of rotatable bonds is 2. The Balaban J connectivity index is 1.89. The molecule has 1 aliphatic rings. The van der Waals surface area contributed by atoms with E-state index in [-0.39, 0.29) is 5.56 Å². The second-order valence-electron chi connectivity index (χ2n) is 6.98. The van der Waals surface area contributed by atoms with Gasteiger partial charge in [-0.1, -0.05) is 36.4 Å². The van der Waals surface area contributed by atoms with Gasteiger partial charge in [-0.25, -0.2) is 10.5 Å². The molecule has 0 spiro atoms. The summed E-state index contributed by atoms with van der Waals surface area (Å²) in [6, 6.07) is 17.6. The predicted molar refractivity (Wildman–Crippen MR) is 106 cm³/mol. The molecule has 3 aromatic carbocycles. The predicted octanol–water partition coefficient (Wildman–Crippen LogP) is 5.09. The van der Waals surface area contributed by atoms with Crippen LogP contribution in [0.3, 0.4) is 0 Å². The van der Waals surface area contributed by atoms with Gasteiger partial charge in [0.2, 0.25) is 0 Å². The highest BCUT2D eigenvalue weighted by atomic mass is 19.4. The maximum Gasteiger partial charge on any atom is 0.416 e. The lowest BCUT2D eigenvalue weighted by Gasteiger charge is -2.19. The molecule has 152 valence electrons. The lowest BCUT2D eigenvalue weighted by molar-refractivity contribution is -0.137. The number of carbonyl (C=O) groups is 1. The van der Waals surface area contributed by atoms with E-state index in [0.29, 0.717) is 35.2 Å². The lowest BCUT2D eigenvalue weighted by Crippen LogP contribution is -2.18. The number of benzene rings is 3. The molecule has 30 heavy (non-hydrogen) atoms. The van der Waals surface area contributed by atoms with Gasteiger partial charge >= 0.3 is 6.18 Å². The molecule has 4 nitrogen and oxygen atoms in total. The molecule has 4 rings (SSSR count). The van der Waals surface area contributed by atoms with Crippen LogP contribution < -0.4 is 5.48 Å². The first-order valence-corrected chi connectivity index (χ1v) is 9.29. The number of aryl methyl sites for hydroxylation is 2. The fourth-order valence-corrected chi connectivity index (χ4v) is 3.55. The number of alkyl halides is 3. The molecule has 1 amide bonds. The van der Waals surface area contributed by atoms with E-state index in [1.54, 1.807) is 17.6 Å². The topological polar surface area (TPSA) is 61.7 Å². The van der Waals surface area contributed by atoms with Crippen LogP contribution in [0.2, 0.25) is 0 Å². The van der Waals surface area contributed by atoms with E-state index < -0.39 is 17.6 Å². The number of aliphatic imine (C=N–C) groups is 1. The molecule has 0 saturated heterocycles. The molecule has 0 saturated carbocycles. The third-order valence-electron chi connectivity index (χ3n) is 5.10. The maximum atomic E-state index is 13.3. The van der Waals surface area contributed by atoms with Crippen LogP contribution in [-0.4, -0.2) is 16.8 Å². The molecule has 0 unspecified atom stereocenters. The van der Waals surface area contributed by atoms with Crippen molar-refractivity contribution in [3.63, 3.8) is 0 Å². The summed E-state index contributed by atoms with van der Waals surface area (Å²) in [4.78, 5) is 16.4. The van der Waals surface area contributed by atoms with E-state index >= 15 is 0 Å². The molecule has 7 heteroatoms. The molecule has 3 aromatic rings. The fraction of sp³-hybridized carbons (Fsp3) is 0.130. The first-order valence-electron chi connectivity index (χ1n) is 9.29. The summed E-state index contributed by atoms with van der Waals surface area (Å²) in [5, 5.41) is 8.79. The highest BCUT2D eigenvalue weighted by Crippen LogP contribution is 2.34. The van der Waals surface area contributed by atoms with Crippen molar-refractivity contribution in [1.82, 2.24) is 5.48 Å². The van der Waals surface area contributed by atoms with Gasteiger partial charge in [0, 0.05) is 16.7 Å². The molecule has 0 radical (unpaired) electrons. The Hall–Kier alpha value is -3.45. The number of amides is 1. The number of hydroxylamine groups is 1. The van der Waals surface area contributed by atoms with Crippen LogP contribution in [0.1, 0.15) is 38.2 Å². The Kier molecular flexibility index (Phi) is 5.13. The molecule has 0 fully saturated rings. The Labute approximate surface area is 170 Å². The number of hydrogen-bond acceptors (Lipinski definition) is 3. The number of halogens is 3. The Bertz CT molecular complexity index is 1140. The van der Waals surface area contributed by atoms with Crippen LogP contribution in [-0.2, 0) is 19.0 Å². The standard InChI is InChI=1S/C23H17F3N2O2/c24-23(25,26)18-11-12-19-17(13-18)10-5-14-3-1-2-4-20(14)27-21(19)15-6-8-16(9-7-15)22(29)28-30/h1-4,6-9,11-13,30H,5,10H2,(H,28,29)/b27-21-. The summed E-state index contributed by atoms with van der Waals surface area (Å²) in [6.45, 7) is 0. The van der Waals surface area contributed by atoms with Gasteiger partial charge in [0.05, 0.1) is 17.0 Å². The van der Waals surface area contributed by atoms with E-state index in [9.17, 15) is 18.0 Å². The Morgan fingerprint density at radius 1 is 0.933 bits per heavy atom. The van der Waals surface area contributed by atoms with Crippen molar-refractivity contribution in [2.24, 2.45) is 4.99 Å². The average molecular weight is 410 g/mol. The molecule has 0 aromatic heterocycles. The lowest BCUT2D eigenvalue weighted by atomic mass is 9.90. The highest BCUT2D eigenvalue weighted by Gasteiger charge is 2.31. The van der Waals surface area contributed by atoms with E-state index in [1.165, 1.54) is 24.3 Å². The van der Waals surface area contributed by atoms with Crippen LogP contribution in [0.25, 0.3) is 0 Å². The van der Waals surface area contributed by atoms with E-state index in [4.69, 9.17) is 10.2 Å². The molecule has 0 aliphatic carbocycles. The van der Waals surface area contributed by atoms with Gasteiger partial charge in [-0.2, -0.15) is 13.2 Å². The van der Waals surface area contributed by atoms with Crippen LogP contribution in [0.5, 0.6) is 0 Å². The molecular formula is C23H17F3N2O2. The second kappa shape index (κ2) is 7.76. The average Bonchev–Trinajstić information content (AvgIpc) is 2.74. The zero-order chi connectivity index (χ0) is 21.3. The van der Waals surface area contributed by atoms with Crippen molar-refractivity contribution in [3.8, 4) is 0 Å². The smallest absolute Gasteiger partial charge is 0.288 e. The fourth-order valence-electron chi connectivity index (χ4n) is 3.55. The third-order valence-corrected chi connectivity index (χ3v) is 5.10. The molecule has 0 atom stereocenters. The monoisotopic (exact) mass is 410 g/mol. The van der Waals surface area contributed by atoms with E-state index in [1.807, 2.05) is 24.3 Å². The number of para-hydroxylation sites is 1. The van der Waals surface area contributed by atoms with Gasteiger partial charge in [0.1, 0.15) is 0 Å². The van der Waals surface area contributed by atoms with Gasteiger partial charge < -0.3 is 0 Å². The van der Waals surface area contributed by atoms with Crippen LogP contribution in [0, 0.1) is 0 Å². The van der Waals surface area contributed by atoms with Crippen molar-refractivity contribution in [1.29, 1.82) is 0 Å². The molecule has 1 aliphatic heterocycles. The highest BCUT2D eigenvalue weighted by molar-refractivity contribution is 6.15. The maximum absolute atomic E-state index is 13.3. The first kappa shape index (κ1) is 19.8. The minimum atomic E-state index is -4.42. The van der Waals surface area contributed by atoms with Crippen LogP contribution in [0.15, 0.2) is 71.7 Å². The second-order valence-corrected chi connectivity index (χ2v) is 6.98. The van der Waals surface area contributed by atoms with Crippen molar-refractivity contribution >= 4 is 17.3 Å². The van der Waals surface area contributed by atoms with Crippen molar-refractivity contribution in [3.05, 3.63) is 100 Å². The van der Waals surface area contributed by atoms with Gasteiger partial charge in [0.15, 0.2) is 0 Å². The van der Waals surface area contributed by atoms with Gasteiger partial charge in [-0.05, 0) is 54.3 Å². The number of fused-ring (bicyclic) bond motifs is 2. The number of carbonyl (C=O) groups excluding carboxylic acids is 1. The normalized spacial score (nSPS) is 15.1. The van der Waals surface area contributed by atoms with Gasteiger partial charge in [-0.15, -0.1) is 0 Å². The number of hydrogen-bond donors (Lipinski definition) is 2. The van der Waals surface area contributed by atoms with Crippen molar-refractivity contribution in [2.45, 2.75) is 19.0 Å². The quantitative estimate of drug-likeness (QED) is 0.457. The van der Waals surface area contributed by atoms with E-state index in [0.717, 1.165) is 17.3 Å². The summed E-state index contributed by atoms with van der Waals surface area (Å²) in [5.41, 5.74) is 5.22. The summed E-state index contributed by atoms with van der Waals surface area (Å²) in [6.07, 6.45) is -3.40. The Morgan fingerprint density at radius 2 is 1.63 bits per heavy atom. The largest absolute Gasteiger partial charge is 0.416 e. The molecule has 0 bridgehead atoms. The van der Waals surface area contributed by atoms with Crippen molar-refractivity contribution < 1.29 is 23.2 Å². The van der Waals surface area contributed by atoms with Crippen LogP contribution >= 0.6 is 0 Å². The summed E-state index contributed by atoms with van der Waals surface area (Å²) < 4.78 is 39.8. The van der Waals surface area contributed by atoms with Crippen LogP contribution in [0.4, 0.5) is 18.9 Å².